The Morgan fingerprint density at radius 1 is 0.918 bits per heavy atom. The Kier molecular flexibility index (Phi) is 9.44. The lowest BCUT2D eigenvalue weighted by Gasteiger charge is -2.30. The average Bonchev–Trinajstić information content (AvgIpc) is 3.97. The summed E-state index contributed by atoms with van der Waals surface area (Å²) in [5, 5.41) is 0. The summed E-state index contributed by atoms with van der Waals surface area (Å²) >= 11 is 0. The van der Waals surface area contributed by atoms with Crippen molar-refractivity contribution in [3.05, 3.63) is 108 Å². The van der Waals surface area contributed by atoms with Crippen LogP contribution in [0.4, 0.5) is 0 Å². The van der Waals surface area contributed by atoms with Crippen LogP contribution < -0.4 is 0 Å². The Morgan fingerprint density at radius 2 is 1.55 bits per heavy atom. The van der Waals surface area contributed by atoms with Gasteiger partial charge < -0.3 is 19.6 Å². The van der Waals surface area contributed by atoms with Crippen molar-refractivity contribution in [2.24, 2.45) is 5.92 Å². The molecule has 3 heterocycles. The van der Waals surface area contributed by atoms with Gasteiger partial charge in [0.25, 0.3) is 12.4 Å². The third-order valence-electron chi connectivity index (χ3n) is 10.6. The normalized spacial score (nSPS) is 19.9. The first-order valence-electron chi connectivity index (χ1n) is 17.4. The number of aromatic amines is 2. The molecule has 0 radical (unpaired) electrons. The molecular weight excluding hydrogens is 612 g/mol. The lowest BCUT2D eigenvalue weighted by Crippen LogP contribution is -2.36. The molecule has 1 aliphatic carbocycles. The third-order valence-corrected chi connectivity index (χ3v) is 10.6. The van der Waals surface area contributed by atoms with E-state index in [9.17, 15) is 9.59 Å². The molecule has 49 heavy (non-hydrogen) atoms. The summed E-state index contributed by atoms with van der Waals surface area (Å²) in [7, 11) is 3.99. The van der Waals surface area contributed by atoms with E-state index in [-0.39, 0.29) is 11.9 Å². The lowest BCUT2D eigenvalue weighted by molar-refractivity contribution is -0.153. The number of ether oxygens (including phenoxy) is 1. The van der Waals surface area contributed by atoms with Gasteiger partial charge in [-0.15, -0.1) is 0 Å². The zero-order valence-corrected chi connectivity index (χ0v) is 28.4. The van der Waals surface area contributed by atoms with E-state index in [0.717, 1.165) is 58.7 Å². The van der Waals surface area contributed by atoms with Crippen molar-refractivity contribution in [3.63, 3.8) is 0 Å². The second-order valence-electron chi connectivity index (χ2n) is 13.5. The van der Waals surface area contributed by atoms with Crippen molar-refractivity contribution < 1.29 is 14.3 Å². The van der Waals surface area contributed by atoms with Crippen LogP contribution in [0.1, 0.15) is 80.8 Å². The maximum atomic E-state index is 13.6. The van der Waals surface area contributed by atoms with Gasteiger partial charge in [0.2, 0.25) is 6.10 Å². The van der Waals surface area contributed by atoms with Gasteiger partial charge >= 0.3 is 0 Å². The molecule has 2 N–H and O–H groups in total. The monoisotopic (exact) mass is 656 g/mol. The Bertz CT molecular complexity index is 1860. The number of aromatic nitrogens is 4. The topological polar surface area (TPSA) is 107 Å². The second kappa shape index (κ2) is 14.2. The van der Waals surface area contributed by atoms with Crippen molar-refractivity contribution in [2.45, 2.75) is 69.7 Å². The van der Waals surface area contributed by atoms with Gasteiger partial charge in [0.05, 0.1) is 35.9 Å². The van der Waals surface area contributed by atoms with Crippen molar-refractivity contribution in [3.8, 4) is 33.6 Å². The first kappa shape index (κ1) is 32.5. The lowest BCUT2D eigenvalue weighted by atomic mass is 9.98. The number of carbonyl (C=O) groups excluding carboxylic acids is 2. The molecule has 1 saturated heterocycles. The van der Waals surface area contributed by atoms with Gasteiger partial charge in [0, 0.05) is 18.7 Å². The fourth-order valence-electron chi connectivity index (χ4n) is 7.81. The zero-order valence-electron chi connectivity index (χ0n) is 28.4. The number of amides is 1. The minimum atomic E-state index is -1.02. The van der Waals surface area contributed by atoms with E-state index in [1.165, 1.54) is 19.3 Å². The molecule has 9 nitrogen and oxygen atoms in total. The van der Waals surface area contributed by atoms with Crippen LogP contribution in [-0.2, 0) is 14.3 Å². The van der Waals surface area contributed by atoms with Crippen LogP contribution in [0.3, 0.4) is 0 Å². The second-order valence-corrected chi connectivity index (χ2v) is 13.5. The van der Waals surface area contributed by atoms with Gasteiger partial charge in [0.15, 0.2) is 0 Å². The summed E-state index contributed by atoms with van der Waals surface area (Å²) in [6.07, 6.45) is 9.29. The number of fused-ring (bicyclic) bond motifs is 2. The van der Waals surface area contributed by atoms with Crippen LogP contribution in [0, 0.1) is 5.92 Å². The smallest absolute Gasteiger partial charge is 0.294 e. The summed E-state index contributed by atoms with van der Waals surface area (Å²) in [4.78, 5) is 45.7. The largest absolute Gasteiger partial charge is 0.449 e. The summed E-state index contributed by atoms with van der Waals surface area (Å²) in [5.41, 5.74) is 6.95. The van der Waals surface area contributed by atoms with Gasteiger partial charge in [-0.05, 0) is 60.9 Å². The molecule has 2 bridgehead atoms. The quantitative estimate of drug-likeness (QED) is 0.125. The maximum Gasteiger partial charge on any atom is 0.294 e. The van der Waals surface area contributed by atoms with Crippen molar-refractivity contribution >= 4 is 12.4 Å². The molecule has 3 aromatic carbocycles. The van der Waals surface area contributed by atoms with Crippen LogP contribution in [0.25, 0.3) is 33.6 Å². The van der Waals surface area contributed by atoms with E-state index in [0.29, 0.717) is 35.9 Å². The predicted octanol–water partition coefficient (Wildman–Crippen LogP) is 7.89. The van der Waals surface area contributed by atoms with Crippen molar-refractivity contribution in [1.82, 2.24) is 29.7 Å². The van der Waals surface area contributed by atoms with E-state index in [1.807, 2.05) is 30.6 Å². The molecule has 1 aliphatic heterocycles. The van der Waals surface area contributed by atoms with E-state index in [2.05, 4.69) is 77.4 Å². The molecule has 2 aliphatic rings. The molecule has 2 aromatic heterocycles. The summed E-state index contributed by atoms with van der Waals surface area (Å²) < 4.78 is 5.28. The summed E-state index contributed by atoms with van der Waals surface area (Å²) in [5.74, 6) is 2.20. The Labute approximate surface area is 287 Å². The Morgan fingerprint density at radius 3 is 2.16 bits per heavy atom. The molecule has 4 unspecified atom stereocenters. The highest BCUT2D eigenvalue weighted by Crippen LogP contribution is 2.48. The maximum absolute atomic E-state index is 13.6. The molecule has 1 saturated carbocycles. The highest BCUT2D eigenvalue weighted by atomic mass is 16.5. The van der Waals surface area contributed by atoms with Crippen LogP contribution in [0.2, 0.25) is 0 Å². The number of nitrogens with one attached hydrogen (secondary N) is 2. The molecule has 252 valence electrons. The standard InChI is InChI=1S/C40H44N6O3/c1-4-5-11-35(46(3)40(48)37(49-25-47)30-9-7-6-8-10-30)38-41-23-33(43-38)28-16-12-26(13-17-28)27-14-18-29(19-15-27)34-24-42-39(44-34)36-31-20-21-32(22-31)45(36)2/h6-10,12-19,23-25,31-32,35-37H,4-5,11,20-22H2,1-3H3,(H,41,43)(H,42,44)/t31?,32?,35-,36?,37?/m0/s1. The van der Waals surface area contributed by atoms with Gasteiger partial charge in [-0.3, -0.25) is 14.5 Å². The predicted molar refractivity (Wildman–Crippen MR) is 190 cm³/mol. The number of nitrogens with zero attached hydrogens (tertiary/aromatic N) is 4. The fourth-order valence-corrected chi connectivity index (χ4v) is 7.81. The van der Waals surface area contributed by atoms with E-state index in [4.69, 9.17) is 14.7 Å². The molecule has 7 rings (SSSR count). The number of likely N-dealkylation sites (N-methyl/N-ethyl adjacent to an activating group) is 1. The molecular formula is C40H44N6O3. The number of hydrogen-bond donors (Lipinski definition) is 2. The summed E-state index contributed by atoms with van der Waals surface area (Å²) in [6.45, 7) is 2.45. The Hall–Kier alpha value is -5.02. The summed E-state index contributed by atoms with van der Waals surface area (Å²) in [6, 6.07) is 26.9. The number of imidazole rings is 2. The molecule has 5 atom stereocenters. The Balaban J connectivity index is 1.04. The van der Waals surface area contributed by atoms with E-state index in [1.54, 1.807) is 24.1 Å². The minimum Gasteiger partial charge on any atom is -0.449 e. The van der Waals surface area contributed by atoms with Crippen LogP contribution in [0.5, 0.6) is 0 Å². The fraction of sp³-hybridized carbons (Fsp3) is 0.350. The van der Waals surface area contributed by atoms with Gasteiger partial charge in [-0.1, -0.05) is 98.6 Å². The third kappa shape index (κ3) is 6.55. The first-order chi connectivity index (χ1) is 23.9. The molecule has 0 spiro atoms. The molecule has 2 fully saturated rings. The average molecular weight is 657 g/mol. The number of rotatable bonds is 13. The SMILES string of the molecule is CCCC[C@@H](c1ncc(-c2ccc(-c3ccc(-c4cnc(C5C6CCC(C6)N5C)[nH]4)cc3)cc2)[nH]1)N(C)C(=O)C(OC=O)c1ccccc1. The number of H-pyrrole nitrogens is 2. The highest BCUT2D eigenvalue weighted by molar-refractivity contribution is 5.83. The molecule has 9 heteroatoms. The number of carbonyl (C=O) groups is 2. The van der Waals surface area contributed by atoms with Crippen molar-refractivity contribution in [2.75, 3.05) is 14.1 Å². The van der Waals surface area contributed by atoms with E-state index < -0.39 is 6.10 Å². The number of unbranched alkanes of at least 4 members (excludes halogenated alkanes) is 1. The highest BCUT2D eigenvalue weighted by Gasteiger charge is 2.45. The van der Waals surface area contributed by atoms with Crippen molar-refractivity contribution in [1.29, 1.82) is 0 Å². The van der Waals surface area contributed by atoms with Gasteiger partial charge in [-0.2, -0.15) is 0 Å². The zero-order chi connectivity index (χ0) is 33.9. The number of benzene rings is 3. The van der Waals surface area contributed by atoms with Gasteiger partial charge in [-0.25, -0.2) is 9.97 Å². The van der Waals surface area contributed by atoms with Crippen LogP contribution >= 0.6 is 0 Å². The number of likely N-dealkylation sites (tertiary alicyclic amines) is 1. The number of hydrogen-bond acceptors (Lipinski definition) is 6. The first-order valence-corrected chi connectivity index (χ1v) is 17.4. The minimum absolute atomic E-state index is 0.297. The molecule has 1 amide bonds. The van der Waals surface area contributed by atoms with Crippen LogP contribution in [-0.4, -0.2) is 62.3 Å². The van der Waals surface area contributed by atoms with Crippen LogP contribution in [0.15, 0.2) is 91.3 Å². The molecule has 5 aromatic rings. The van der Waals surface area contributed by atoms with Gasteiger partial charge in [0.1, 0.15) is 11.6 Å². The number of piperidine rings is 1. The van der Waals surface area contributed by atoms with E-state index >= 15 is 0 Å².